The topological polar surface area (TPSA) is 109 Å². The minimum atomic E-state index is -0.203. The highest BCUT2D eigenvalue weighted by molar-refractivity contribution is 6.00. The van der Waals surface area contributed by atoms with Crippen molar-refractivity contribution in [3.05, 3.63) is 48.4 Å². The summed E-state index contributed by atoms with van der Waals surface area (Å²) in [6.45, 7) is 0.820. The van der Waals surface area contributed by atoms with Crippen LogP contribution in [-0.4, -0.2) is 34.2 Å². The molecular weight excluding hydrogens is 280 g/mol. The van der Waals surface area contributed by atoms with Crippen LogP contribution in [0.3, 0.4) is 0 Å². The molecule has 0 unspecified atom stereocenters. The van der Waals surface area contributed by atoms with Crippen LogP contribution in [-0.2, 0) is 0 Å². The van der Waals surface area contributed by atoms with Crippen LogP contribution in [0.4, 0.5) is 11.4 Å². The minimum Gasteiger partial charge on any atom is -0.355 e. The number of aromatic amines is 1. The summed E-state index contributed by atoms with van der Waals surface area (Å²) in [5.41, 5.74) is 8.39. The normalized spacial score (nSPS) is 10.6. The van der Waals surface area contributed by atoms with Crippen molar-refractivity contribution in [2.45, 2.75) is 0 Å². The smallest absolute Gasteiger partial charge is 0.255 e. The van der Waals surface area contributed by atoms with Crippen molar-refractivity contribution in [3.63, 3.8) is 0 Å². The van der Waals surface area contributed by atoms with Crippen LogP contribution in [0.15, 0.2) is 42.9 Å². The molecule has 0 aliphatic carbocycles. The molecule has 112 valence electrons. The first-order valence-electron chi connectivity index (χ1n) is 6.90. The van der Waals surface area contributed by atoms with Crippen LogP contribution in [0, 0.1) is 0 Å². The number of benzene rings is 1. The first-order chi connectivity index (χ1) is 10.8. The Labute approximate surface area is 126 Å². The average molecular weight is 296 g/mol. The Morgan fingerprint density at radius 2 is 2.18 bits per heavy atom. The zero-order chi connectivity index (χ0) is 15.4. The molecule has 7 nitrogen and oxygen atoms in total. The van der Waals surface area contributed by atoms with E-state index >= 15 is 0 Å². The number of H-pyrrole nitrogens is 1. The third kappa shape index (κ3) is 2.89. The molecule has 1 amide bonds. The van der Waals surface area contributed by atoms with Gasteiger partial charge in [0.2, 0.25) is 0 Å². The van der Waals surface area contributed by atoms with E-state index in [0.29, 0.717) is 24.3 Å². The lowest BCUT2D eigenvalue weighted by atomic mass is 10.2. The van der Waals surface area contributed by atoms with Crippen LogP contribution in [0.5, 0.6) is 0 Å². The summed E-state index contributed by atoms with van der Waals surface area (Å²) < 4.78 is 0. The molecule has 0 aliphatic rings. The minimum absolute atomic E-state index is 0.203. The Balaban J connectivity index is 1.86. The molecule has 0 aliphatic heterocycles. The third-order valence-corrected chi connectivity index (χ3v) is 3.21. The Bertz CT molecular complexity index is 797. The SMILES string of the molecule is NCCNC(=O)c1cnccc1Nc1ccc2[nH]ncc2c1. The van der Waals surface area contributed by atoms with Gasteiger partial charge in [0.1, 0.15) is 0 Å². The summed E-state index contributed by atoms with van der Waals surface area (Å²) in [6.07, 6.45) is 4.92. The maximum Gasteiger partial charge on any atom is 0.255 e. The molecule has 2 aromatic heterocycles. The van der Waals surface area contributed by atoms with Gasteiger partial charge in [-0.3, -0.25) is 14.9 Å². The van der Waals surface area contributed by atoms with Gasteiger partial charge in [-0.25, -0.2) is 0 Å². The van der Waals surface area contributed by atoms with E-state index in [1.807, 2.05) is 18.2 Å². The Hall–Kier alpha value is -2.93. The fourth-order valence-electron chi connectivity index (χ4n) is 2.14. The van der Waals surface area contributed by atoms with Crippen molar-refractivity contribution in [1.82, 2.24) is 20.5 Å². The molecule has 1 aromatic carbocycles. The van der Waals surface area contributed by atoms with Crippen molar-refractivity contribution in [2.75, 3.05) is 18.4 Å². The molecule has 0 saturated carbocycles. The predicted molar refractivity (Wildman–Crippen MR) is 85.0 cm³/mol. The number of carbonyl (C=O) groups is 1. The highest BCUT2D eigenvalue weighted by Gasteiger charge is 2.11. The number of amides is 1. The van der Waals surface area contributed by atoms with Gasteiger partial charge in [-0.2, -0.15) is 5.10 Å². The first kappa shape index (κ1) is 14.0. The molecule has 0 spiro atoms. The van der Waals surface area contributed by atoms with Crippen LogP contribution in [0.2, 0.25) is 0 Å². The summed E-state index contributed by atoms with van der Waals surface area (Å²) in [4.78, 5) is 16.1. The fourth-order valence-corrected chi connectivity index (χ4v) is 2.14. The number of carbonyl (C=O) groups excluding carboxylic acids is 1. The van der Waals surface area contributed by atoms with Gasteiger partial charge in [0.25, 0.3) is 5.91 Å². The van der Waals surface area contributed by atoms with Crippen LogP contribution in [0.25, 0.3) is 10.9 Å². The van der Waals surface area contributed by atoms with E-state index in [9.17, 15) is 4.79 Å². The Kier molecular flexibility index (Phi) is 3.97. The zero-order valence-corrected chi connectivity index (χ0v) is 11.8. The quantitative estimate of drug-likeness (QED) is 0.569. The van der Waals surface area contributed by atoms with Crippen molar-refractivity contribution in [3.8, 4) is 0 Å². The van der Waals surface area contributed by atoms with Gasteiger partial charge in [-0.1, -0.05) is 0 Å². The second-order valence-corrected chi connectivity index (χ2v) is 4.76. The van der Waals surface area contributed by atoms with Crippen LogP contribution >= 0.6 is 0 Å². The number of fused-ring (bicyclic) bond motifs is 1. The van der Waals surface area contributed by atoms with Crippen LogP contribution < -0.4 is 16.4 Å². The summed E-state index contributed by atoms with van der Waals surface area (Å²) in [7, 11) is 0. The van der Waals surface area contributed by atoms with Gasteiger partial charge in [-0.15, -0.1) is 0 Å². The van der Waals surface area contributed by atoms with Gasteiger partial charge < -0.3 is 16.4 Å². The molecule has 7 heteroatoms. The van der Waals surface area contributed by atoms with Gasteiger partial charge in [0, 0.05) is 36.6 Å². The van der Waals surface area contributed by atoms with E-state index in [0.717, 1.165) is 16.6 Å². The first-order valence-corrected chi connectivity index (χ1v) is 6.90. The molecule has 0 radical (unpaired) electrons. The van der Waals surface area contributed by atoms with Crippen molar-refractivity contribution in [2.24, 2.45) is 5.73 Å². The summed E-state index contributed by atoms with van der Waals surface area (Å²) in [5, 5.41) is 13.9. The number of pyridine rings is 1. The maximum atomic E-state index is 12.1. The largest absolute Gasteiger partial charge is 0.355 e. The molecule has 5 N–H and O–H groups in total. The van der Waals surface area contributed by atoms with Crippen molar-refractivity contribution in [1.29, 1.82) is 0 Å². The standard InChI is InChI=1S/C15H16N6O/c16-4-6-18-15(22)12-9-17-5-3-14(12)20-11-1-2-13-10(7-11)8-19-21-13/h1-3,5,7-9H,4,6,16H2,(H,17,20)(H,18,22)(H,19,21). The molecule has 0 fully saturated rings. The lowest BCUT2D eigenvalue weighted by Gasteiger charge is -2.11. The van der Waals surface area contributed by atoms with E-state index in [4.69, 9.17) is 5.73 Å². The van der Waals surface area contributed by atoms with Gasteiger partial charge in [0.05, 0.1) is 23.0 Å². The zero-order valence-electron chi connectivity index (χ0n) is 11.8. The number of hydrogen-bond acceptors (Lipinski definition) is 5. The summed E-state index contributed by atoms with van der Waals surface area (Å²) >= 11 is 0. The predicted octanol–water partition coefficient (Wildman–Crippen LogP) is 1.39. The second kappa shape index (κ2) is 6.23. The van der Waals surface area contributed by atoms with E-state index < -0.39 is 0 Å². The lowest BCUT2D eigenvalue weighted by Crippen LogP contribution is -2.29. The summed E-state index contributed by atoms with van der Waals surface area (Å²) in [6, 6.07) is 7.57. The van der Waals surface area contributed by atoms with Crippen molar-refractivity contribution < 1.29 is 4.79 Å². The highest BCUT2D eigenvalue weighted by Crippen LogP contribution is 2.23. The number of anilines is 2. The fraction of sp³-hybridized carbons (Fsp3) is 0.133. The number of nitrogens with two attached hydrogens (primary N) is 1. The van der Waals surface area contributed by atoms with Crippen LogP contribution in [0.1, 0.15) is 10.4 Å². The number of aromatic nitrogens is 3. The number of nitrogens with one attached hydrogen (secondary N) is 3. The van der Waals surface area contributed by atoms with E-state index in [1.165, 1.54) is 6.20 Å². The van der Waals surface area contributed by atoms with E-state index in [1.54, 1.807) is 18.5 Å². The number of hydrogen-bond donors (Lipinski definition) is 4. The molecule has 0 bridgehead atoms. The van der Waals surface area contributed by atoms with E-state index in [2.05, 4.69) is 25.8 Å². The maximum absolute atomic E-state index is 12.1. The van der Waals surface area contributed by atoms with Crippen molar-refractivity contribution >= 4 is 28.2 Å². The summed E-state index contributed by atoms with van der Waals surface area (Å²) in [5.74, 6) is -0.203. The van der Waals surface area contributed by atoms with Gasteiger partial charge in [0.15, 0.2) is 0 Å². The third-order valence-electron chi connectivity index (χ3n) is 3.21. The van der Waals surface area contributed by atoms with Gasteiger partial charge >= 0.3 is 0 Å². The monoisotopic (exact) mass is 296 g/mol. The van der Waals surface area contributed by atoms with E-state index in [-0.39, 0.29) is 5.91 Å². The molecule has 3 aromatic rings. The highest BCUT2D eigenvalue weighted by atomic mass is 16.1. The number of nitrogens with zero attached hydrogens (tertiary/aromatic N) is 2. The lowest BCUT2D eigenvalue weighted by molar-refractivity contribution is 0.0955. The number of rotatable bonds is 5. The molecule has 2 heterocycles. The second-order valence-electron chi connectivity index (χ2n) is 4.76. The molecule has 22 heavy (non-hydrogen) atoms. The molecule has 0 atom stereocenters. The molecule has 3 rings (SSSR count). The Morgan fingerprint density at radius 1 is 1.27 bits per heavy atom. The van der Waals surface area contributed by atoms with Gasteiger partial charge in [-0.05, 0) is 24.3 Å². The average Bonchev–Trinajstić information content (AvgIpc) is 3.01. The Morgan fingerprint density at radius 3 is 3.05 bits per heavy atom. The molecular formula is C15H16N6O. The molecule has 0 saturated heterocycles.